The second-order valence-electron chi connectivity index (χ2n) is 3.73. The van der Waals surface area contributed by atoms with Gasteiger partial charge in [0, 0.05) is 18.5 Å². The van der Waals surface area contributed by atoms with Crippen molar-refractivity contribution in [1.82, 2.24) is 9.78 Å². The summed E-state index contributed by atoms with van der Waals surface area (Å²) in [5.41, 5.74) is 0.722. The molecule has 0 aliphatic carbocycles. The van der Waals surface area contributed by atoms with Crippen molar-refractivity contribution < 1.29 is 4.39 Å². The van der Waals surface area contributed by atoms with Gasteiger partial charge in [-0.05, 0) is 0 Å². The smallest absolute Gasteiger partial charge is 0.211 e. The fourth-order valence-corrected chi connectivity index (χ4v) is 0.811. The van der Waals surface area contributed by atoms with Gasteiger partial charge in [0.15, 0.2) is 0 Å². The van der Waals surface area contributed by atoms with E-state index in [0.717, 1.165) is 5.69 Å². The summed E-state index contributed by atoms with van der Waals surface area (Å²) >= 11 is 0. The van der Waals surface area contributed by atoms with Crippen LogP contribution in [0.3, 0.4) is 0 Å². The molecule has 0 fully saturated rings. The fourth-order valence-electron chi connectivity index (χ4n) is 0.811. The molecule has 1 rings (SSSR count). The second-order valence-corrected chi connectivity index (χ2v) is 3.73. The van der Waals surface area contributed by atoms with Crippen molar-refractivity contribution in [3.63, 3.8) is 0 Å². The van der Waals surface area contributed by atoms with E-state index in [9.17, 15) is 4.39 Å². The van der Waals surface area contributed by atoms with E-state index < -0.39 is 0 Å². The molecule has 1 aromatic rings. The summed E-state index contributed by atoms with van der Waals surface area (Å²) < 4.78 is 14.0. The van der Waals surface area contributed by atoms with E-state index >= 15 is 0 Å². The Morgan fingerprint density at radius 3 is 2.18 bits per heavy atom. The van der Waals surface area contributed by atoms with E-state index in [1.54, 1.807) is 7.05 Å². The Bertz CT molecular complexity index is 238. The zero-order valence-electron chi connectivity index (χ0n) is 7.35. The number of halogens is 1. The first kappa shape index (κ1) is 8.24. The van der Waals surface area contributed by atoms with Crippen molar-refractivity contribution in [2.75, 3.05) is 0 Å². The zero-order chi connectivity index (χ0) is 8.65. The quantitative estimate of drug-likeness (QED) is 0.560. The summed E-state index contributed by atoms with van der Waals surface area (Å²) in [6, 6.07) is 1.47. The minimum atomic E-state index is -0.282. The summed E-state index contributed by atoms with van der Waals surface area (Å²) in [6.45, 7) is 6.03. The highest BCUT2D eigenvalue weighted by Crippen LogP contribution is 2.20. The van der Waals surface area contributed by atoms with Gasteiger partial charge in [-0.1, -0.05) is 20.8 Å². The van der Waals surface area contributed by atoms with E-state index in [1.807, 2.05) is 20.8 Å². The van der Waals surface area contributed by atoms with Gasteiger partial charge < -0.3 is 0 Å². The molecule has 3 heteroatoms. The van der Waals surface area contributed by atoms with Gasteiger partial charge in [-0.25, -0.2) is 4.68 Å². The third kappa shape index (κ3) is 1.59. The highest BCUT2D eigenvalue weighted by atomic mass is 19.1. The lowest BCUT2D eigenvalue weighted by molar-refractivity contribution is 0.496. The van der Waals surface area contributed by atoms with Gasteiger partial charge in [0.2, 0.25) is 5.95 Å². The predicted molar refractivity (Wildman–Crippen MR) is 41.9 cm³/mol. The molecule has 0 spiro atoms. The lowest BCUT2D eigenvalue weighted by atomic mass is 9.93. The average Bonchev–Trinajstić information content (AvgIpc) is 2.11. The van der Waals surface area contributed by atoms with Crippen LogP contribution in [0, 0.1) is 5.95 Å². The van der Waals surface area contributed by atoms with Gasteiger partial charge in [-0.15, -0.1) is 0 Å². The van der Waals surface area contributed by atoms with E-state index in [4.69, 9.17) is 0 Å². The molecule has 0 radical (unpaired) electrons. The third-order valence-electron chi connectivity index (χ3n) is 1.59. The van der Waals surface area contributed by atoms with Crippen LogP contribution in [-0.4, -0.2) is 9.78 Å². The number of nitrogens with zero attached hydrogens (tertiary/aromatic N) is 2. The van der Waals surface area contributed by atoms with Gasteiger partial charge in [-0.2, -0.15) is 9.49 Å². The molecule has 0 aliphatic heterocycles. The molecule has 0 saturated heterocycles. The Kier molecular flexibility index (Phi) is 1.74. The van der Waals surface area contributed by atoms with Crippen molar-refractivity contribution in [3.05, 3.63) is 17.7 Å². The van der Waals surface area contributed by atoms with Crippen LogP contribution in [0.25, 0.3) is 0 Å². The maximum atomic E-state index is 12.8. The molecular formula is C8H13FN2. The molecule has 0 aromatic carbocycles. The molecule has 0 aliphatic rings. The van der Waals surface area contributed by atoms with Crippen LogP contribution in [0.1, 0.15) is 26.5 Å². The molecule has 62 valence electrons. The van der Waals surface area contributed by atoms with Crippen LogP contribution in [0.2, 0.25) is 0 Å². The van der Waals surface area contributed by atoms with Crippen molar-refractivity contribution >= 4 is 0 Å². The molecule has 1 heterocycles. The molecule has 0 atom stereocenters. The second kappa shape index (κ2) is 2.32. The maximum absolute atomic E-state index is 12.8. The fraction of sp³-hybridized carbons (Fsp3) is 0.625. The lowest BCUT2D eigenvalue weighted by Crippen LogP contribution is -2.12. The minimum absolute atomic E-state index is 0.0674. The molecule has 2 nitrogen and oxygen atoms in total. The summed E-state index contributed by atoms with van der Waals surface area (Å²) in [6.07, 6.45) is 0. The molecular weight excluding hydrogens is 143 g/mol. The van der Waals surface area contributed by atoms with Crippen LogP contribution in [0.15, 0.2) is 6.07 Å². The van der Waals surface area contributed by atoms with Crippen LogP contribution in [0.5, 0.6) is 0 Å². The number of aryl methyl sites for hydroxylation is 1. The third-order valence-corrected chi connectivity index (χ3v) is 1.59. The Hall–Kier alpha value is -0.860. The Balaban J connectivity index is 3.08. The van der Waals surface area contributed by atoms with Gasteiger partial charge in [0.1, 0.15) is 0 Å². The Morgan fingerprint density at radius 2 is 2.00 bits per heavy atom. The Labute approximate surface area is 66.0 Å². The van der Waals surface area contributed by atoms with E-state index in [-0.39, 0.29) is 11.4 Å². The zero-order valence-corrected chi connectivity index (χ0v) is 7.35. The van der Waals surface area contributed by atoms with Crippen molar-refractivity contribution in [3.8, 4) is 0 Å². The number of hydrogen-bond acceptors (Lipinski definition) is 1. The lowest BCUT2D eigenvalue weighted by Gasteiger charge is -2.13. The summed E-state index contributed by atoms with van der Waals surface area (Å²) in [7, 11) is 1.60. The molecule has 0 bridgehead atoms. The largest absolute Gasteiger partial charge is 0.242 e. The molecule has 0 N–H and O–H groups in total. The highest BCUT2D eigenvalue weighted by Gasteiger charge is 2.18. The minimum Gasteiger partial charge on any atom is -0.242 e. The van der Waals surface area contributed by atoms with Crippen molar-refractivity contribution in [1.29, 1.82) is 0 Å². The van der Waals surface area contributed by atoms with Crippen LogP contribution < -0.4 is 0 Å². The first-order valence-corrected chi connectivity index (χ1v) is 3.61. The molecule has 0 saturated carbocycles. The normalized spacial score (nSPS) is 12.1. The van der Waals surface area contributed by atoms with E-state index in [1.165, 1.54) is 10.7 Å². The Morgan fingerprint density at radius 1 is 1.45 bits per heavy atom. The topological polar surface area (TPSA) is 17.8 Å². The van der Waals surface area contributed by atoms with E-state index in [0.29, 0.717) is 0 Å². The van der Waals surface area contributed by atoms with Gasteiger partial charge in [-0.3, -0.25) is 0 Å². The van der Waals surface area contributed by atoms with Crippen LogP contribution >= 0.6 is 0 Å². The summed E-state index contributed by atoms with van der Waals surface area (Å²) in [4.78, 5) is 0. The van der Waals surface area contributed by atoms with Gasteiger partial charge >= 0.3 is 0 Å². The van der Waals surface area contributed by atoms with Crippen molar-refractivity contribution in [2.45, 2.75) is 26.2 Å². The molecule has 11 heavy (non-hydrogen) atoms. The first-order valence-electron chi connectivity index (χ1n) is 3.61. The molecule has 0 amide bonds. The summed E-state index contributed by atoms with van der Waals surface area (Å²) in [5, 5.41) is 4.02. The highest BCUT2D eigenvalue weighted by molar-refractivity contribution is 5.11. The first-order chi connectivity index (χ1) is 4.91. The average molecular weight is 156 g/mol. The predicted octanol–water partition coefficient (Wildman–Crippen LogP) is 1.86. The maximum Gasteiger partial charge on any atom is 0.211 e. The van der Waals surface area contributed by atoms with Crippen molar-refractivity contribution in [2.24, 2.45) is 7.05 Å². The molecule has 1 aromatic heterocycles. The summed E-state index contributed by atoms with van der Waals surface area (Å²) in [5.74, 6) is -0.282. The number of hydrogen-bond donors (Lipinski definition) is 0. The monoisotopic (exact) mass is 156 g/mol. The van der Waals surface area contributed by atoms with E-state index in [2.05, 4.69) is 5.10 Å². The SMILES string of the molecule is Cn1nc(C(C)(C)C)cc1F. The molecule has 0 unspecified atom stereocenters. The number of aromatic nitrogens is 2. The standard InChI is InChI=1S/C8H13FN2/c1-8(2,3)6-5-7(9)11(4)10-6/h5H,1-4H3. The van der Waals surface area contributed by atoms with Gasteiger partial charge in [0.25, 0.3) is 0 Å². The number of rotatable bonds is 0. The van der Waals surface area contributed by atoms with Crippen LogP contribution in [-0.2, 0) is 12.5 Å². The van der Waals surface area contributed by atoms with Gasteiger partial charge in [0.05, 0.1) is 5.69 Å². The van der Waals surface area contributed by atoms with Crippen LogP contribution in [0.4, 0.5) is 4.39 Å².